The van der Waals surface area contributed by atoms with Gasteiger partial charge in [-0.1, -0.05) is 46.5 Å². The number of hydrogen-bond acceptors (Lipinski definition) is 2. The highest BCUT2D eigenvalue weighted by atomic mass is 16.2. The van der Waals surface area contributed by atoms with Crippen LogP contribution >= 0.6 is 0 Å². The van der Waals surface area contributed by atoms with Gasteiger partial charge in [-0.05, 0) is 37.5 Å². The van der Waals surface area contributed by atoms with Crippen LogP contribution in [-0.2, 0) is 4.79 Å². The van der Waals surface area contributed by atoms with Gasteiger partial charge in [0.2, 0.25) is 5.91 Å². The molecule has 116 valence electrons. The fourth-order valence-corrected chi connectivity index (χ4v) is 3.77. The van der Waals surface area contributed by atoms with E-state index in [-0.39, 0.29) is 12.2 Å². The normalized spacial score (nSPS) is 28.6. The van der Waals surface area contributed by atoms with Gasteiger partial charge in [-0.2, -0.15) is 0 Å². The third kappa shape index (κ3) is 3.97. The third-order valence-electron chi connectivity index (χ3n) is 4.80. The molecule has 0 radical (unpaired) electrons. The first-order chi connectivity index (χ1) is 9.61. The van der Waals surface area contributed by atoms with Crippen LogP contribution in [-0.4, -0.2) is 29.6 Å². The van der Waals surface area contributed by atoms with Crippen LogP contribution in [0.1, 0.15) is 72.1 Å². The molecule has 20 heavy (non-hydrogen) atoms. The molecule has 0 spiro atoms. The number of carbonyl (C=O) groups excluding carboxylic acids is 1. The van der Waals surface area contributed by atoms with Crippen LogP contribution < -0.4 is 5.32 Å². The maximum Gasteiger partial charge on any atom is 0.241 e. The van der Waals surface area contributed by atoms with Crippen molar-refractivity contribution < 1.29 is 4.79 Å². The summed E-state index contributed by atoms with van der Waals surface area (Å²) in [5.41, 5.74) is 0. The predicted octanol–water partition coefficient (Wildman–Crippen LogP) is 3.54. The standard InChI is InChI=1S/C17H32N2O/c1-4-8-16-18-15(11-13(2)3)17(20)19(16)12-14-9-6-5-7-10-14/h13-16,18H,4-12H2,1-3H3. The predicted molar refractivity (Wildman–Crippen MR) is 83.4 cm³/mol. The van der Waals surface area contributed by atoms with Gasteiger partial charge < -0.3 is 4.90 Å². The second-order valence-electron chi connectivity index (χ2n) is 7.15. The fourth-order valence-electron chi connectivity index (χ4n) is 3.77. The Morgan fingerprint density at radius 1 is 1.25 bits per heavy atom. The Balaban J connectivity index is 1.96. The third-order valence-corrected chi connectivity index (χ3v) is 4.80. The Bertz CT molecular complexity index is 310. The Hall–Kier alpha value is -0.570. The topological polar surface area (TPSA) is 32.3 Å². The van der Waals surface area contributed by atoms with Crippen molar-refractivity contribution >= 4 is 5.91 Å². The summed E-state index contributed by atoms with van der Waals surface area (Å²) >= 11 is 0. The van der Waals surface area contributed by atoms with Crippen molar-refractivity contribution in [3.05, 3.63) is 0 Å². The monoisotopic (exact) mass is 280 g/mol. The zero-order valence-corrected chi connectivity index (χ0v) is 13.5. The quantitative estimate of drug-likeness (QED) is 0.807. The zero-order valence-electron chi connectivity index (χ0n) is 13.5. The molecule has 2 atom stereocenters. The van der Waals surface area contributed by atoms with E-state index in [0.29, 0.717) is 11.8 Å². The van der Waals surface area contributed by atoms with E-state index >= 15 is 0 Å². The number of amides is 1. The van der Waals surface area contributed by atoms with E-state index in [1.807, 2.05) is 0 Å². The van der Waals surface area contributed by atoms with E-state index < -0.39 is 0 Å². The molecule has 2 aliphatic rings. The van der Waals surface area contributed by atoms with Gasteiger partial charge in [0.25, 0.3) is 0 Å². The molecule has 3 heteroatoms. The minimum Gasteiger partial charge on any atom is -0.326 e. The van der Waals surface area contributed by atoms with Crippen molar-refractivity contribution in [1.82, 2.24) is 10.2 Å². The number of hydrogen-bond donors (Lipinski definition) is 1. The summed E-state index contributed by atoms with van der Waals surface area (Å²) in [6, 6.07) is 0.0649. The highest BCUT2D eigenvalue weighted by Gasteiger charge is 2.39. The van der Waals surface area contributed by atoms with Crippen LogP contribution in [0.3, 0.4) is 0 Å². The van der Waals surface area contributed by atoms with Gasteiger partial charge in [-0.15, -0.1) is 0 Å². The summed E-state index contributed by atoms with van der Waals surface area (Å²) < 4.78 is 0. The summed E-state index contributed by atoms with van der Waals surface area (Å²) in [5, 5.41) is 3.59. The zero-order chi connectivity index (χ0) is 14.5. The number of rotatable bonds is 6. The molecule has 2 fully saturated rings. The Morgan fingerprint density at radius 2 is 1.95 bits per heavy atom. The minimum atomic E-state index is 0.0649. The number of nitrogens with one attached hydrogen (secondary N) is 1. The second kappa shape index (κ2) is 7.44. The molecule has 2 unspecified atom stereocenters. The maximum absolute atomic E-state index is 12.7. The average Bonchev–Trinajstić information content (AvgIpc) is 2.69. The molecule has 1 saturated carbocycles. The van der Waals surface area contributed by atoms with Crippen LogP contribution in [0.4, 0.5) is 0 Å². The highest BCUT2D eigenvalue weighted by Crippen LogP contribution is 2.28. The Labute approximate surface area is 124 Å². The molecular weight excluding hydrogens is 248 g/mol. The molecule has 0 aromatic carbocycles. The lowest BCUT2D eigenvalue weighted by Gasteiger charge is -2.30. The lowest BCUT2D eigenvalue weighted by Crippen LogP contribution is -2.40. The molecule has 3 nitrogen and oxygen atoms in total. The minimum absolute atomic E-state index is 0.0649. The lowest BCUT2D eigenvalue weighted by atomic mass is 9.88. The molecule has 0 aromatic heterocycles. The van der Waals surface area contributed by atoms with Crippen molar-refractivity contribution in [2.45, 2.75) is 84.3 Å². The molecule has 0 aromatic rings. The van der Waals surface area contributed by atoms with Gasteiger partial charge in [0.15, 0.2) is 0 Å². The molecule has 1 amide bonds. The van der Waals surface area contributed by atoms with E-state index in [1.165, 1.54) is 32.1 Å². The molecule has 1 saturated heterocycles. The molecular formula is C17H32N2O. The summed E-state index contributed by atoms with van der Waals surface area (Å²) in [5.74, 6) is 1.68. The second-order valence-corrected chi connectivity index (χ2v) is 7.15. The van der Waals surface area contributed by atoms with Crippen molar-refractivity contribution in [2.75, 3.05) is 6.54 Å². The van der Waals surface area contributed by atoms with Crippen molar-refractivity contribution in [3.63, 3.8) is 0 Å². The van der Waals surface area contributed by atoms with Crippen molar-refractivity contribution in [1.29, 1.82) is 0 Å². The molecule has 0 bridgehead atoms. The van der Waals surface area contributed by atoms with Gasteiger partial charge >= 0.3 is 0 Å². The van der Waals surface area contributed by atoms with Gasteiger partial charge in [-0.25, -0.2) is 0 Å². The summed E-state index contributed by atoms with van der Waals surface area (Å²) in [7, 11) is 0. The van der Waals surface area contributed by atoms with Gasteiger partial charge in [-0.3, -0.25) is 10.1 Å². The number of carbonyl (C=O) groups is 1. The van der Waals surface area contributed by atoms with Crippen LogP contribution in [0.25, 0.3) is 0 Å². The molecule has 2 rings (SSSR count). The smallest absolute Gasteiger partial charge is 0.241 e. The Morgan fingerprint density at radius 3 is 2.55 bits per heavy atom. The first kappa shape index (κ1) is 15.8. The van der Waals surface area contributed by atoms with E-state index in [4.69, 9.17) is 0 Å². The average molecular weight is 280 g/mol. The Kier molecular flexibility index (Phi) is 5.88. The van der Waals surface area contributed by atoms with E-state index in [0.717, 1.165) is 31.7 Å². The summed E-state index contributed by atoms with van der Waals surface area (Å²) in [4.78, 5) is 14.8. The molecule has 1 heterocycles. The first-order valence-corrected chi connectivity index (χ1v) is 8.68. The SMILES string of the molecule is CCCC1NC(CC(C)C)C(=O)N1CC1CCCCC1. The van der Waals surface area contributed by atoms with Gasteiger partial charge in [0, 0.05) is 6.54 Å². The van der Waals surface area contributed by atoms with Crippen LogP contribution in [0.15, 0.2) is 0 Å². The summed E-state index contributed by atoms with van der Waals surface area (Å²) in [6.45, 7) is 7.60. The lowest BCUT2D eigenvalue weighted by molar-refractivity contribution is -0.131. The molecule has 1 N–H and O–H groups in total. The van der Waals surface area contributed by atoms with E-state index in [9.17, 15) is 4.79 Å². The molecule has 1 aliphatic carbocycles. The van der Waals surface area contributed by atoms with Crippen LogP contribution in [0.2, 0.25) is 0 Å². The van der Waals surface area contributed by atoms with Gasteiger partial charge in [0.1, 0.15) is 0 Å². The van der Waals surface area contributed by atoms with Crippen LogP contribution in [0, 0.1) is 11.8 Å². The molecule has 1 aliphatic heterocycles. The van der Waals surface area contributed by atoms with Crippen LogP contribution in [0.5, 0.6) is 0 Å². The maximum atomic E-state index is 12.7. The van der Waals surface area contributed by atoms with Crippen molar-refractivity contribution in [3.8, 4) is 0 Å². The fraction of sp³-hybridized carbons (Fsp3) is 0.941. The largest absolute Gasteiger partial charge is 0.326 e. The van der Waals surface area contributed by atoms with E-state index in [2.05, 4.69) is 31.0 Å². The summed E-state index contributed by atoms with van der Waals surface area (Å²) in [6.07, 6.45) is 10.2. The van der Waals surface area contributed by atoms with Gasteiger partial charge in [0.05, 0.1) is 12.2 Å². The first-order valence-electron chi connectivity index (χ1n) is 8.68. The van der Waals surface area contributed by atoms with Crippen molar-refractivity contribution in [2.24, 2.45) is 11.8 Å². The van der Waals surface area contributed by atoms with E-state index in [1.54, 1.807) is 0 Å². The number of nitrogens with zero attached hydrogens (tertiary/aromatic N) is 1. The highest BCUT2D eigenvalue weighted by molar-refractivity contribution is 5.84.